The maximum atomic E-state index is 12.4. The Kier molecular flexibility index (Phi) is 4.90. The fourth-order valence-electron chi connectivity index (χ4n) is 2.75. The van der Waals surface area contributed by atoms with E-state index in [1.807, 2.05) is 11.0 Å². The fraction of sp³-hybridized carbons (Fsp3) is 0.615. The molecule has 20 heavy (non-hydrogen) atoms. The number of rotatable bonds is 1. The lowest BCUT2D eigenvalue weighted by Gasteiger charge is -2.26. The lowest BCUT2D eigenvalue weighted by atomic mass is 9.97. The number of hydrogen-bond acceptors (Lipinski definition) is 2. The molecule has 1 fully saturated rings. The van der Waals surface area contributed by atoms with Crippen molar-refractivity contribution < 1.29 is 4.79 Å². The van der Waals surface area contributed by atoms with Crippen molar-refractivity contribution in [3.05, 3.63) is 23.0 Å². The Morgan fingerprint density at radius 2 is 2.00 bits per heavy atom. The number of piperazine rings is 1. The second kappa shape index (κ2) is 6.14. The summed E-state index contributed by atoms with van der Waals surface area (Å²) < 4.78 is -0.690. The van der Waals surface area contributed by atoms with Crippen molar-refractivity contribution in [3.63, 3.8) is 0 Å². The van der Waals surface area contributed by atoms with Crippen molar-refractivity contribution in [2.24, 2.45) is 0 Å². The molecule has 2 aliphatic rings. The molecule has 1 aromatic heterocycles. The fourth-order valence-corrected chi connectivity index (χ4v) is 3.23. The molecule has 0 bridgehead atoms. The van der Waals surface area contributed by atoms with E-state index < -0.39 is 4.33 Å². The van der Waals surface area contributed by atoms with Crippen LogP contribution in [0.3, 0.4) is 0 Å². The summed E-state index contributed by atoms with van der Waals surface area (Å²) in [6, 6.07) is 1.92. The second-order valence-corrected chi connectivity index (χ2v) is 6.90. The first-order valence-corrected chi connectivity index (χ1v) is 7.39. The van der Waals surface area contributed by atoms with E-state index in [1.54, 1.807) is 0 Å². The number of H-pyrrole nitrogens is 1. The van der Waals surface area contributed by atoms with E-state index in [1.165, 1.54) is 0 Å². The number of nitrogens with zero attached hydrogens (tertiary/aromatic N) is 1. The smallest absolute Gasteiger partial charge is 0.270 e. The van der Waals surface area contributed by atoms with E-state index in [4.69, 9.17) is 23.2 Å². The number of halogens is 3. The highest BCUT2D eigenvalue weighted by Gasteiger charge is 2.32. The van der Waals surface area contributed by atoms with Gasteiger partial charge in [0.05, 0.1) is 0 Å². The molecule has 0 atom stereocenters. The molecule has 1 aromatic rings. The molecule has 3 rings (SSSR count). The Morgan fingerprint density at radius 1 is 1.30 bits per heavy atom. The van der Waals surface area contributed by atoms with Gasteiger partial charge < -0.3 is 15.2 Å². The molecular weight excluding hydrogens is 321 g/mol. The van der Waals surface area contributed by atoms with Crippen molar-refractivity contribution in [2.45, 2.75) is 23.6 Å². The number of alkyl halides is 2. The molecule has 1 aliphatic heterocycles. The van der Waals surface area contributed by atoms with Gasteiger partial charge in [-0.3, -0.25) is 4.79 Å². The number of fused-ring (bicyclic) bond motifs is 1. The summed E-state index contributed by atoms with van der Waals surface area (Å²) in [6.07, 6.45) is 2.14. The first-order valence-electron chi connectivity index (χ1n) is 6.64. The maximum absolute atomic E-state index is 12.4. The van der Waals surface area contributed by atoms with Crippen LogP contribution < -0.4 is 5.32 Å². The largest absolute Gasteiger partial charge is 0.354 e. The summed E-state index contributed by atoms with van der Waals surface area (Å²) >= 11 is 12.4. The van der Waals surface area contributed by atoms with Crippen LogP contribution in [-0.2, 0) is 12.8 Å². The van der Waals surface area contributed by atoms with Gasteiger partial charge in [0.2, 0.25) is 0 Å². The summed E-state index contributed by atoms with van der Waals surface area (Å²) in [5, 5.41) is 3.24. The number of hydrogen-bond donors (Lipinski definition) is 2. The van der Waals surface area contributed by atoms with Crippen molar-refractivity contribution in [3.8, 4) is 0 Å². The van der Waals surface area contributed by atoms with Crippen LogP contribution in [-0.4, -0.2) is 46.3 Å². The van der Waals surface area contributed by atoms with Crippen LogP contribution in [0.5, 0.6) is 0 Å². The van der Waals surface area contributed by atoms with Gasteiger partial charge in [-0.1, -0.05) is 0 Å². The van der Waals surface area contributed by atoms with Crippen molar-refractivity contribution in [2.75, 3.05) is 26.2 Å². The minimum atomic E-state index is -0.690. The molecule has 112 valence electrons. The zero-order valence-corrected chi connectivity index (χ0v) is 13.4. The molecule has 0 radical (unpaired) electrons. The van der Waals surface area contributed by atoms with Gasteiger partial charge in [0.1, 0.15) is 10.0 Å². The molecule has 2 N–H and O–H groups in total. The minimum Gasteiger partial charge on any atom is -0.354 e. The summed E-state index contributed by atoms with van der Waals surface area (Å²) in [7, 11) is 0. The molecule has 1 aliphatic carbocycles. The summed E-state index contributed by atoms with van der Waals surface area (Å²) in [6.45, 7) is 3.24. The third-order valence-corrected chi connectivity index (χ3v) is 4.46. The third-order valence-electron chi connectivity index (χ3n) is 3.82. The molecule has 1 amide bonds. The van der Waals surface area contributed by atoms with E-state index in [0.29, 0.717) is 12.1 Å². The first kappa shape index (κ1) is 16.0. The molecule has 7 heteroatoms. The maximum Gasteiger partial charge on any atom is 0.270 e. The summed E-state index contributed by atoms with van der Waals surface area (Å²) in [5.41, 5.74) is 2.85. The molecule has 2 heterocycles. The standard InChI is InChI=1S/C13H17Cl2N3O.ClH/c14-13(15)2-1-10-9(8-13)7-11(17-10)12(19)18-5-3-16-4-6-18;/h7,16-17H,1-6,8H2;1H. The predicted molar refractivity (Wildman–Crippen MR) is 83.3 cm³/mol. The van der Waals surface area contributed by atoms with Crippen LogP contribution in [0.1, 0.15) is 28.2 Å². The van der Waals surface area contributed by atoms with Crippen molar-refractivity contribution in [1.82, 2.24) is 15.2 Å². The Morgan fingerprint density at radius 3 is 2.70 bits per heavy atom. The average molecular weight is 339 g/mol. The van der Waals surface area contributed by atoms with Crippen molar-refractivity contribution >= 4 is 41.5 Å². The van der Waals surface area contributed by atoms with Gasteiger partial charge >= 0.3 is 0 Å². The average Bonchev–Trinajstić information content (AvgIpc) is 2.80. The quantitative estimate of drug-likeness (QED) is 0.771. The van der Waals surface area contributed by atoms with E-state index in [2.05, 4.69) is 10.3 Å². The monoisotopic (exact) mass is 337 g/mol. The topological polar surface area (TPSA) is 48.1 Å². The van der Waals surface area contributed by atoms with Crippen LogP contribution in [0.2, 0.25) is 0 Å². The highest BCUT2D eigenvalue weighted by molar-refractivity contribution is 6.48. The molecule has 4 nitrogen and oxygen atoms in total. The lowest BCUT2D eigenvalue weighted by Crippen LogP contribution is -2.46. The number of aryl methyl sites for hydroxylation is 1. The zero-order chi connectivity index (χ0) is 13.5. The first-order chi connectivity index (χ1) is 9.05. The van der Waals surface area contributed by atoms with Gasteiger partial charge in [-0.2, -0.15) is 0 Å². The molecular formula is C13H18Cl3N3O. The highest BCUT2D eigenvalue weighted by Crippen LogP contribution is 2.37. The predicted octanol–water partition coefficient (Wildman–Crippen LogP) is 2.14. The second-order valence-electron chi connectivity index (χ2n) is 5.26. The van der Waals surface area contributed by atoms with Gasteiger partial charge in [0, 0.05) is 38.3 Å². The number of carbonyl (C=O) groups is 1. The zero-order valence-electron chi connectivity index (χ0n) is 11.0. The molecule has 0 aromatic carbocycles. The van der Waals surface area contributed by atoms with Gasteiger partial charge in [0.15, 0.2) is 0 Å². The number of aromatic nitrogens is 1. The van der Waals surface area contributed by atoms with Gasteiger partial charge in [-0.05, 0) is 24.5 Å². The van der Waals surface area contributed by atoms with Gasteiger partial charge in [-0.25, -0.2) is 0 Å². The van der Waals surface area contributed by atoms with Gasteiger partial charge in [0.25, 0.3) is 5.91 Å². The minimum absolute atomic E-state index is 0. The number of aromatic amines is 1. The van der Waals surface area contributed by atoms with E-state index >= 15 is 0 Å². The van der Waals surface area contributed by atoms with Crippen LogP contribution in [0.4, 0.5) is 0 Å². The van der Waals surface area contributed by atoms with Crippen LogP contribution >= 0.6 is 35.6 Å². The number of carbonyl (C=O) groups excluding carboxylic acids is 1. The molecule has 1 saturated heterocycles. The Labute approximate surface area is 134 Å². The van der Waals surface area contributed by atoms with Crippen molar-refractivity contribution in [1.29, 1.82) is 0 Å². The van der Waals surface area contributed by atoms with E-state index in [0.717, 1.165) is 50.3 Å². The van der Waals surface area contributed by atoms with Crippen LogP contribution in [0.25, 0.3) is 0 Å². The lowest BCUT2D eigenvalue weighted by molar-refractivity contribution is 0.0730. The Balaban J connectivity index is 0.00000147. The molecule has 0 unspecified atom stereocenters. The Hall–Kier alpha value is -0.420. The SMILES string of the molecule is Cl.O=C(c1cc2c([nH]1)CCC(Cl)(Cl)C2)N1CCNCC1. The summed E-state index contributed by atoms with van der Waals surface area (Å²) in [4.78, 5) is 17.5. The van der Waals surface area contributed by atoms with Crippen LogP contribution in [0, 0.1) is 0 Å². The van der Waals surface area contributed by atoms with E-state index in [-0.39, 0.29) is 18.3 Å². The molecule has 0 spiro atoms. The number of amides is 1. The van der Waals surface area contributed by atoms with E-state index in [9.17, 15) is 4.79 Å². The normalized spacial score (nSPS) is 21.0. The third kappa shape index (κ3) is 3.25. The number of nitrogens with one attached hydrogen (secondary N) is 2. The molecule has 0 saturated carbocycles. The summed E-state index contributed by atoms with van der Waals surface area (Å²) in [5.74, 6) is 0.0747. The highest BCUT2D eigenvalue weighted by atomic mass is 35.5. The van der Waals surface area contributed by atoms with Gasteiger partial charge in [-0.15, -0.1) is 35.6 Å². The van der Waals surface area contributed by atoms with Crippen LogP contribution in [0.15, 0.2) is 6.07 Å². The Bertz CT molecular complexity index is 495.